The van der Waals surface area contributed by atoms with E-state index in [2.05, 4.69) is 34.3 Å². The summed E-state index contributed by atoms with van der Waals surface area (Å²) in [5.74, 6) is 5.85. The van der Waals surface area contributed by atoms with Crippen LogP contribution in [0.5, 0.6) is 5.75 Å². The Labute approximate surface area is 241 Å². The normalized spacial score (nSPS) is 14.7. The number of nitrogens with one attached hydrogen (secondary N) is 2. The highest BCUT2D eigenvalue weighted by molar-refractivity contribution is 7.89. The van der Waals surface area contributed by atoms with Crippen LogP contribution in [0.1, 0.15) is 30.2 Å². The summed E-state index contributed by atoms with van der Waals surface area (Å²) in [6.45, 7) is 4.78. The Hall–Kier alpha value is -3.49. The van der Waals surface area contributed by atoms with Crippen molar-refractivity contribution in [1.82, 2.24) is 4.90 Å². The van der Waals surface area contributed by atoms with Crippen molar-refractivity contribution in [2.75, 3.05) is 43.4 Å². The fourth-order valence-corrected chi connectivity index (χ4v) is 6.39. The van der Waals surface area contributed by atoms with Gasteiger partial charge in [-0.1, -0.05) is 30.9 Å². The molecule has 8 nitrogen and oxygen atoms in total. The summed E-state index contributed by atoms with van der Waals surface area (Å²) < 4.78 is 70.2. The topological polar surface area (TPSA) is 120 Å². The van der Waals surface area contributed by atoms with Gasteiger partial charge in [-0.3, -0.25) is 0 Å². The molecule has 0 bridgehead atoms. The zero-order valence-electron chi connectivity index (χ0n) is 22.3. The van der Waals surface area contributed by atoms with Crippen molar-refractivity contribution in [2.45, 2.75) is 43.3 Å². The molecular formula is C28H30F3N5O3S2. The van der Waals surface area contributed by atoms with Gasteiger partial charge in [-0.05, 0) is 48.5 Å². The summed E-state index contributed by atoms with van der Waals surface area (Å²) in [6.07, 6.45) is -3.58. The second-order valence-corrected chi connectivity index (χ2v) is 12.1. The van der Waals surface area contributed by atoms with Gasteiger partial charge in [0.05, 0.1) is 38.8 Å². The number of halogens is 3. The number of sulfonamides is 1. The smallest absolute Gasteiger partial charge is 0.393 e. The Morgan fingerprint density at radius 2 is 1.95 bits per heavy atom. The second-order valence-electron chi connectivity index (χ2n) is 9.54. The Bertz CT molecular complexity index is 1600. The molecule has 0 aliphatic carbocycles. The largest absolute Gasteiger partial charge is 0.477 e. The van der Waals surface area contributed by atoms with E-state index in [9.17, 15) is 21.6 Å². The number of anilines is 2. The van der Waals surface area contributed by atoms with Crippen LogP contribution in [0.4, 0.5) is 24.5 Å². The SMILES string of the molecule is CCN1CCC(Nc2cccc3c(CC(F)(F)F)c(C#CCNc4ccc(S(N)(=O)=O)cc4OCC#N)sc23)CC1. The monoisotopic (exact) mass is 605 g/mol. The number of piperidine rings is 1. The van der Waals surface area contributed by atoms with E-state index >= 15 is 0 Å². The molecule has 0 unspecified atom stereocenters. The molecule has 2 aromatic carbocycles. The molecule has 1 aliphatic rings. The quantitative estimate of drug-likeness (QED) is 0.296. The van der Waals surface area contributed by atoms with Crippen LogP contribution in [0.25, 0.3) is 10.1 Å². The highest BCUT2D eigenvalue weighted by Gasteiger charge is 2.31. The fraction of sp³-hybridized carbons (Fsp3) is 0.393. The molecule has 13 heteroatoms. The third-order valence-corrected chi connectivity index (χ3v) is 8.84. The number of nitrogens with zero attached hydrogens (tertiary/aromatic N) is 2. The number of alkyl halides is 3. The van der Waals surface area contributed by atoms with Crippen LogP contribution in [-0.2, 0) is 16.4 Å². The molecule has 4 N–H and O–H groups in total. The zero-order valence-corrected chi connectivity index (χ0v) is 24.0. The number of likely N-dealkylation sites (tertiary alicyclic amines) is 1. The maximum atomic E-state index is 13.6. The number of hydrogen-bond acceptors (Lipinski definition) is 8. The summed E-state index contributed by atoms with van der Waals surface area (Å²) in [6, 6.07) is 11.3. The molecule has 2 heterocycles. The van der Waals surface area contributed by atoms with Crippen LogP contribution in [0.2, 0.25) is 0 Å². The highest BCUT2D eigenvalue weighted by atomic mass is 32.2. The summed E-state index contributed by atoms with van der Waals surface area (Å²) in [5.41, 5.74) is 1.31. The van der Waals surface area contributed by atoms with Crippen LogP contribution < -0.4 is 20.5 Å². The van der Waals surface area contributed by atoms with Gasteiger partial charge in [0.2, 0.25) is 10.0 Å². The number of primary sulfonamides is 1. The van der Waals surface area contributed by atoms with E-state index in [1.807, 2.05) is 6.07 Å². The molecule has 0 amide bonds. The zero-order chi connectivity index (χ0) is 29.6. The lowest BCUT2D eigenvalue weighted by Crippen LogP contribution is -2.38. The third kappa shape index (κ3) is 8.05. The van der Waals surface area contributed by atoms with E-state index in [-0.39, 0.29) is 35.4 Å². The number of rotatable bonds is 9. The first-order valence-electron chi connectivity index (χ1n) is 13.0. The minimum atomic E-state index is -4.41. The number of thiophene rings is 1. The Morgan fingerprint density at radius 3 is 2.61 bits per heavy atom. The number of benzene rings is 2. The number of nitriles is 1. The molecule has 1 fully saturated rings. The molecule has 0 spiro atoms. The molecule has 4 rings (SSSR count). The van der Waals surface area contributed by atoms with Crippen molar-refractivity contribution in [3.05, 3.63) is 46.8 Å². The van der Waals surface area contributed by atoms with Gasteiger partial charge in [-0.2, -0.15) is 18.4 Å². The lowest BCUT2D eigenvalue weighted by atomic mass is 10.0. The molecule has 1 aromatic heterocycles. The summed E-state index contributed by atoms with van der Waals surface area (Å²) in [7, 11) is -3.99. The molecule has 218 valence electrons. The first kappa shape index (κ1) is 30.5. The molecule has 1 saturated heterocycles. The van der Waals surface area contributed by atoms with E-state index in [4.69, 9.17) is 15.1 Å². The van der Waals surface area contributed by atoms with Crippen molar-refractivity contribution in [1.29, 1.82) is 5.26 Å². The van der Waals surface area contributed by atoms with Gasteiger partial charge in [0.25, 0.3) is 0 Å². The fourth-order valence-electron chi connectivity index (χ4n) is 4.69. The van der Waals surface area contributed by atoms with Crippen molar-refractivity contribution in [3.63, 3.8) is 0 Å². The Kier molecular flexibility index (Phi) is 9.66. The average molecular weight is 606 g/mol. The van der Waals surface area contributed by atoms with Gasteiger partial charge in [0.15, 0.2) is 6.61 Å². The minimum absolute atomic E-state index is 0.0262. The van der Waals surface area contributed by atoms with Gasteiger partial charge in [0, 0.05) is 25.2 Å². The van der Waals surface area contributed by atoms with Gasteiger partial charge >= 0.3 is 6.18 Å². The molecule has 1 aliphatic heterocycles. The van der Waals surface area contributed by atoms with Crippen molar-refractivity contribution < 1.29 is 26.3 Å². The van der Waals surface area contributed by atoms with Crippen molar-refractivity contribution in [2.24, 2.45) is 5.14 Å². The van der Waals surface area contributed by atoms with E-state index < -0.39 is 22.6 Å². The summed E-state index contributed by atoms with van der Waals surface area (Å²) >= 11 is 1.23. The van der Waals surface area contributed by atoms with Crippen LogP contribution in [0.15, 0.2) is 41.3 Å². The van der Waals surface area contributed by atoms with Crippen LogP contribution in [0.3, 0.4) is 0 Å². The first-order valence-corrected chi connectivity index (χ1v) is 15.3. The number of fused-ring (bicyclic) bond motifs is 1. The Balaban J connectivity index is 1.58. The lowest BCUT2D eigenvalue weighted by molar-refractivity contribution is -0.126. The van der Waals surface area contributed by atoms with Gasteiger partial charge in [-0.15, -0.1) is 11.3 Å². The van der Waals surface area contributed by atoms with Gasteiger partial charge in [0.1, 0.15) is 11.8 Å². The number of hydrogen-bond donors (Lipinski definition) is 3. The molecule has 0 radical (unpaired) electrons. The van der Waals surface area contributed by atoms with Crippen molar-refractivity contribution in [3.8, 4) is 23.7 Å². The number of ether oxygens (including phenoxy) is 1. The predicted molar refractivity (Wildman–Crippen MR) is 155 cm³/mol. The van der Waals surface area contributed by atoms with E-state index in [0.717, 1.165) is 42.9 Å². The first-order chi connectivity index (χ1) is 19.5. The Morgan fingerprint density at radius 1 is 1.20 bits per heavy atom. The molecule has 3 aromatic rings. The molecule has 41 heavy (non-hydrogen) atoms. The van der Waals surface area contributed by atoms with E-state index in [1.54, 1.807) is 18.2 Å². The standard InChI is InChI=1S/C28H30F3N5O3S2/c1-2-36-14-10-19(11-15-36)35-24-6-3-5-21-22(18-28(29,30)31)26(40-27(21)24)7-4-13-34-23-9-8-20(41(33,37)38)17-25(23)39-16-12-32/h3,5-6,8-9,17,19,34-35H,2,10-11,13-16,18H2,1H3,(H2,33,37,38). The highest BCUT2D eigenvalue weighted by Crippen LogP contribution is 2.39. The van der Waals surface area contributed by atoms with Crippen molar-refractivity contribution >= 4 is 42.8 Å². The van der Waals surface area contributed by atoms with Gasteiger partial charge < -0.3 is 20.3 Å². The maximum absolute atomic E-state index is 13.6. The summed E-state index contributed by atoms with van der Waals surface area (Å²) in [4.78, 5) is 2.52. The summed E-state index contributed by atoms with van der Waals surface area (Å²) in [5, 5.41) is 21.1. The van der Waals surface area contributed by atoms with E-state index in [1.165, 1.54) is 29.5 Å². The molecule has 0 atom stereocenters. The third-order valence-electron chi connectivity index (χ3n) is 6.73. The number of nitrogens with two attached hydrogens (primary N) is 1. The maximum Gasteiger partial charge on any atom is 0.393 e. The predicted octanol–water partition coefficient (Wildman–Crippen LogP) is 4.92. The molecular weight excluding hydrogens is 575 g/mol. The average Bonchev–Trinajstić information content (AvgIpc) is 3.26. The molecule has 0 saturated carbocycles. The second kappa shape index (κ2) is 13.0. The van der Waals surface area contributed by atoms with E-state index in [0.29, 0.717) is 16.0 Å². The van der Waals surface area contributed by atoms with Crippen LogP contribution >= 0.6 is 11.3 Å². The van der Waals surface area contributed by atoms with Crippen LogP contribution in [-0.4, -0.2) is 58.3 Å². The van der Waals surface area contributed by atoms with Crippen LogP contribution in [0, 0.1) is 23.2 Å². The van der Waals surface area contributed by atoms with Gasteiger partial charge in [-0.25, -0.2) is 13.6 Å². The lowest BCUT2D eigenvalue weighted by Gasteiger charge is -2.32. The minimum Gasteiger partial charge on any atom is -0.477 e.